The van der Waals surface area contributed by atoms with Gasteiger partial charge in [-0.1, -0.05) is 117 Å². The number of rotatable bonds is 3. The third kappa shape index (κ3) is 5.49. The lowest BCUT2D eigenvalue weighted by Gasteiger charge is -2.22. The second-order valence-corrected chi connectivity index (χ2v) is 15.0. The standard InChI is InChI=1S/C40H43N3/c1-38(2,3)26-14-10-13-25(21-26)33-23-28(40(7,8)9)24-35(42-33)32-18-12-16-30-29-15-11-17-31(36(29)43-37(30)32)34-22-27(19-20-41-34)39(4,5)6/h10-24,43H,1-9H3. The molecule has 0 aliphatic heterocycles. The molecule has 0 saturated carbocycles. The minimum atomic E-state index is -0.0284. The summed E-state index contributed by atoms with van der Waals surface area (Å²) in [6, 6.07) is 30.8. The van der Waals surface area contributed by atoms with E-state index in [0.717, 1.165) is 44.8 Å². The molecule has 3 heterocycles. The fourth-order valence-corrected chi connectivity index (χ4v) is 5.81. The second-order valence-electron chi connectivity index (χ2n) is 15.0. The van der Waals surface area contributed by atoms with Gasteiger partial charge in [0.15, 0.2) is 0 Å². The molecule has 0 spiro atoms. The van der Waals surface area contributed by atoms with Crippen LogP contribution < -0.4 is 0 Å². The van der Waals surface area contributed by atoms with Crippen molar-refractivity contribution in [3.05, 3.63) is 108 Å². The van der Waals surface area contributed by atoms with Crippen molar-refractivity contribution in [3.63, 3.8) is 0 Å². The zero-order valence-corrected chi connectivity index (χ0v) is 27.1. The molecule has 6 aromatic rings. The Labute approximate surface area is 256 Å². The first kappa shape index (κ1) is 28.9. The van der Waals surface area contributed by atoms with Crippen LogP contribution in [0.25, 0.3) is 55.6 Å². The molecule has 0 unspecified atom stereocenters. The number of aromatic amines is 1. The molecular weight excluding hydrogens is 522 g/mol. The van der Waals surface area contributed by atoms with Crippen LogP contribution in [0.5, 0.6) is 0 Å². The molecule has 0 amide bonds. The van der Waals surface area contributed by atoms with Gasteiger partial charge in [-0.05, 0) is 63.3 Å². The third-order valence-electron chi connectivity index (χ3n) is 8.56. The fraction of sp³-hybridized carbons (Fsp3) is 0.300. The van der Waals surface area contributed by atoms with Crippen molar-refractivity contribution >= 4 is 21.8 Å². The largest absolute Gasteiger partial charge is 0.353 e. The number of hydrogen-bond donors (Lipinski definition) is 1. The summed E-state index contributed by atoms with van der Waals surface area (Å²) in [5.74, 6) is 0. The molecule has 3 aromatic heterocycles. The van der Waals surface area contributed by atoms with Crippen LogP contribution in [-0.2, 0) is 16.2 Å². The van der Waals surface area contributed by atoms with Gasteiger partial charge in [-0.2, -0.15) is 0 Å². The van der Waals surface area contributed by atoms with Crippen LogP contribution in [0.2, 0.25) is 0 Å². The molecule has 6 rings (SSSR count). The number of aromatic nitrogens is 3. The number of pyridine rings is 2. The maximum Gasteiger partial charge on any atom is 0.0733 e. The Morgan fingerprint density at radius 3 is 1.60 bits per heavy atom. The second kappa shape index (κ2) is 10.2. The van der Waals surface area contributed by atoms with Gasteiger partial charge in [0.25, 0.3) is 0 Å². The fourth-order valence-electron chi connectivity index (χ4n) is 5.81. The summed E-state index contributed by atoms with van der Waals surface area (Å²) in [6.45, 7) is 20.3. The summed E-state index contributed by atoms with van der Waals surface area (Å²) in [6.07, 6.45) is 1.93. The predicted octanol–water partition coefficient (Wildman–Crippen LogP) is 11.0. The van der Waals surface area contributed by atoms with E-state index in [1.807, 2.05) is 6.20 Å². The number of nitrogens with zero attached hydrogens (tertiary/aromatic N) is 2. The molecule has 218 valence electrons. The van der Waals surface area contributed by atoms with Gasteiger partial charge in [0.2, 0.25) is 0 Å². The number of fused-ring (bicyclic) bond motifs is 3. The van der Waals surface area contributed by atoms with Crippen molar-refractivity contribution in [3.8, 4) is 33.8 Å². The molecular formula is C40H43N3. The van der Waals surface area contributed by atoms with Crippen LogP contribution in [0.15, 0.2) is 91.1 Å². The zero-order chi connectivity index (χ0) is 30.7. The van der Waals surface area contributed by atoms with Crippen LogP contribution in [0, 0.1) is 0 Å². The summed E-state index contributed by atoms with van der Waals surface area (Å²) in [4.78, 5) is 14.0. The van der Waals surface area contributed by atoms with Gasteiger partial charge >= 0.3 is 0 Å². The molecule has 3 nitrogen and oxygen atoms in total. The normalized spacial score (nSPS) is 12.8. The third-order valence-corrected chi connectivity index (χ3v) is 8.56. The summed E-state index contributed by atoms with van der Waals surface area (Å²) in [7, 11) is 0. The molecule has 0 saturated heterocycles. The highest BCUT2D eigenvalue weighted by Gasteiger charge is 2.21. The van der Waals surface area contributed by atoms with Gasteiger partial charge in [0.1, 0.15) is 0 Å². The Morgan fingerprint density at radius 1 is 0.488 bits per heavy atom. The molecule has 3 heteroatoms. The topological polar surface area (TPSA) is 41.6 Å². The Morgan fingerprint density at radius 2 is 1.00 bits per heavy atom. The number of nitrogens with one attached hydrogen (secondary N) is 1. The maximum atomic E-state index is 5.32. The van der Waals surface area contributed by atoms with Gasteiger partial charge in [0, 0.05) is 33.7 Å². The molecule has 1 N–H and O–H groups in total. The first-order chi connectivity index (χ1) is 20.2. The molecule has 0 aliphatic carbocycles. The molecule has 0 aliphatic rings. The highest BCUT2D eigenvalue weighted by atomic mass is 14.8. The van der Waals surface area contributed by atoms with E-state index in [2.05, 4.69) is 152 Å². The Kier molecular flexibility index (Phi) is 6.84. The number of H-pyrrole nitrogens is 1. The Balaban J connectivity index is 1.57. The summed E-state index contributed by atoms with van der Waals surface area (Å²) in [5, 5.41) is 2.39. The Hall–Kier alpha value is -4.24. The zero-order valence-electron chi connectivity index (χ0n) is 27.1. The van der Waals surface area contributed by atoms with Crippen LogP contribution >= 0.6 is 0 Å². The maximum absolute atomic E-state index is 5.32. The van der Waals surface area contributed by atoms with E-state index in [9.17, 15) is 0 Å². The average Bonchev–Trinajstić information content (AvgIpc) is 3.35. The number of para-hydroxylation sites is 2. The molecule has 0 bridgehead atoms. The summed E-state index contributed by atoms with van der Waals surface area (Å²) >= 11 is 0. The van der Waals surface area contributed by atoms with E-state index in [1.54, 1.807) is 0 Å². The SMILES string of the molecule is CC(C)(C)c1cccc(-c2cc(C(C)(C)C)cc(-c3cccc4c3[nH]c3c(-c5cc(C(C)(C)C)ccn5)cccc34)n2)c1. The highest BCUT2D eigenvalue weighted by molar-refractivity contribution is 6.15. The van der Waals surface area contributed by atoms with E-state index in [-0.39, 0.29) is 16.2 Å². The smallest absolute Gasteiger partial charge is 0.0733 e. The minimum Gasteiger partial charge on any atom is -0.353 e. The van der Waals surface area contributed by atoms with Gasteiger partial charge in [-0.25, -0.2) is 4.98 Å². The van der Waals surface area contributed by atoms with Crippen molar-refractivity contribution < 1.29 is 0 Å². The van der Waals surface area contributed by atoms with Gasteiger partial charge in [-0.3, -0.25) is 4.98 Å². The lowest BCUT2D eigenvalue weighted by molar-refractivity contribution is 0.589. The quantitative estimate of drug-likeness (QED) is 0.232. The van der Waals surface area contributed by atoms with Gasteiger partial charge < -0.3 is 4.98 Å². The van der Waals surface area contributed by atoms with E-state index in [0.29, 0.717) is 0 Å². The van der Waals surface area contributed by atoms with Crippen LogP contribution in [-0.4, -0.2) is 15.0 Å². The van der Waals surface area contributed by atoms with Crippen molar-refractivity contribution in [1.29, 1.82) is 0 Å². The lowest BCUT2D eigenvalue weighted by atomic mass is 9.84. The number of benzene rings is 3. The summed E-state index contributed by atoms with van der Waals surface area (Å²) < 4.78 is 0. The molecule has 0 radical (unpaired) electrons. The van der Waals surface area contributed by atoms with Crippen molar-refractivity contribution in [2.75, 3.05) is 0 Å². The van der Waals surface area contributed by atoms with Crippen molar-refractivity contribution in [2.45, 2.75) is 78.6 Å². The van der Waals surface area contributed by atoms with Gasteiger partial charge in [-0.15, -0.1) is 0 Å². The van der Waals surface area contributed by atoms with Crippen molar-refractivity contribution in [1.82, 2.24) is 15.0 Å². The molecule has 43 heavy (non-hydrogen) atoms. The first-order valence-electron chi connectivity index (χ1n) is 15.3. The predicted molar refractivity (Wildman–Crippen MR) is 184 cm³/mol. The minimum absolute atomic E-state index is 0.0284. The van der Waals surface area contributed by atoms with E-state index < -0.39 is 0 Å². The van der Waals surface area contributed by atoms with Gasteiger partial charge in [0.05, 0.1) is 28.1 Å². The molecule has 0 fully saturated rings. The van der Waals surface area contributed by atoms with E-state index >= 15 is 0 Å². The summed E-state index contributed by atoms with van der Waals surface area (Å²) in [5.41, 5.74) is 12.5. The van der Waals surface area contributed by atoms with Crippen LogP contribution in [0.4, 0.5) is 0 Å². The molecule has 3 aromatic carbocycles. The average molecular weight is 566 g/mol. The highest BCUT2D eigenvalue weighted by Crippen LogP contribution is 2.39. The Bertz CT molecular complexity index is 1970. The monoisotopic (exact) mass is 565 g/mol. The van der Waals surface area contributed by atoms with Crippen LogP contribution in [0.3, 0.4) is 0 Å². The van der Waals surface area contributed by atoms with Crippen LogP contribution in [0.1, 0.15) is 79.0 Å². The lowest BCUT2D eigenvalue weighted by Crippen LogP contribution is -2.12. The number of hydrogen-bond acceptors (Lipinski definition) is 2. The van der Waals surface area contributed by atoms with E-state index in [4.69, 9.17) is 9.97 Å². The molecule has 0 atom stereocenters. The van der Waals surface area contributed by atoms with E-state index in [1.165, 1.54) is 27.5 Å². The first-order valence-corrected chi connectivity index (χ1v) is 15.3. The van der Waals surface area contributed by atoms with Crippen molar-refractivity contribution in [2.24, 2.45) is 0 Å².